The van der Waals surface area contributed by atoms with E-state index in [1.165, 1.54) is 11.3 Å². The van der Waals surface area contributed by atoms with Crippen LogP contribution in [0, 0.1) is 20.8 Å². The number of amides is 1. The highest BCUT2D eigenvalue weighted by molar-refractivity contribution is 7.15. The molecule has 6 nitrogen and oxygen atoms in total. The molecule has 2 aromatic heterocycles. The molecule has 0 saturated carbocycles. The van der Waals surface area contributed by atoms with Gasteiger partial charge in [0.1, 0.15) is 11.3 Å². The van der Waals surface area contributed by atoms with E-state index in [4.69, 9.17) is 9.15 Å². The molecule has 3 heterocycles. The molecule has 0 bridgehead atoms. The van der Waals surface area contributed by atoms with Gasteiger partial charge in [0.2, 0.25) is 5.76 Å². The molecule has 0 aliphatic carbocycles. The summed E-state index contributed by atoms with van der Waals surface area (Å²) in [4.78, 5) is 34.5. The van der Waals surface area contributed by atoms with Crippen molar-refractivity contribution in [3.63, 3.8) is 0 Å². The van der Waals surface area contributed by atoms with Gasteiger partial charge in [-0.2, -0.15) is 0 Å². The number of nitrogens with zero attached hydrogens (tertiary/aromatic N) is 2. The van der Waals surface area contributed by atoms with E-state index in [1.54, 1.807) is 11.0 Å². The molecule has 1 atom stereocenters. The average Bonchev–Trinajstić information content (AvgIpc) is 3.25. The van der Waals surface area contributed by atoms with E-state index >= 15 is 0 Å². The van der Waals surface area contributed by atoms with Crippen LogP contribution >= 0.6 is 11.3 Å². The molecule has 1 aliphatic heterocycles. The fourth-order valence-corrected chi connectivity index (χ4v) is 5.10. The fourth-order valence-electron chi connectivity index (χ4n) is 4.16. The van der Waals surface area contributed by atoms with Crippen LogP contribution < -0.4 is 15.1 Å². The summed E-state index contributed by atoms with van der Waals surface area (Å²) in [7, 11) is 0. The van der Waals surface area contributed by atoms with Gasteiger partial charge in [-0.15, -0.1) is 11.3 Å². The Morgan fingerprint density at radius 3 is 2.42 bits per heavy atom. The predicted molar refractivity (Wildman–Crippen MR) is 130 cm³/mol. The van der Waals surface area contributed by atoms with Crippen LogP contribution in [0.1, 0.15) is 57.7 Å². The molecule has 0 N–H and O–H groups in total. The lowest BCUT2D eigenvalue weighted by atomic mass is 9.98. The number of hydrogen-bond donors (Lipinski definition) is 0. The minimum atomic E-state index is -0.633. The van der Waals surface area contributed by atoms with Gasteiger partial charge < -0.3 is 9.15 Å². The second-order valence-corrected chi connectivity index (χ2v) is 9.81. The second kappa shape index (κ2) is 7.85. The number of rotatable bonds is 4. The number of aromatic nitrogens is 1. The highest BCUT2D eigenvalue weighted by Gasteiger charge is 2.45. The Hall–Kier alpha value is -3.45. The zero-order valence-corrected chi connectivity index (χ0v) is 19.9. The largest absolute Gasteiger partial charge is 0.491 e. The van der Waals surface area contributed by atoms with Crippen LogP contribution in [0.2, 0.25) is 0 Å². The number of thiazole rings is 1. The van der Waals surface area contributed by atoms with E-state index < -0.39 is 6.04 Å². The van der Waals surface area contributed by atoms with Crippen molar-refractivity contribution in [1.29, 1.82) is 0 Å². The first-order valence-electron chi connectivity index (χ1n) is 10.9. The molecule has 1 aliphatic rings. The van der Waals surface area contributed by atoms with Crippen LogP contribution in [0.3, 0.4) is 0 Å². The van der Waals surface area contributed by atoms with Crippen molar-refractivity contribution in [2.24, 2.45) is 0 Å². The standard InChI is InChI=1S/C26H24N2O4S/c1-13(2)31-18-9-7-17(8-10-18)22-21-23(29)19-12-14(3)6-11-20(19)32-24(21)25(30)28(22)26-27-15(4)16(5)33-26/h6-13,22H,1-5H3/t22-/m1/s1. The van der Waals surface area contributed by atoms with Crippen molar-refractivity contribution in [1.82, 2.24) is 4.98 Å². The maximum absolute atomic E-state index is 13.7. The third kappa shape index (κ3) is 3.53. The van der Waals surface area contributed by atoms with Crippen LogP contribution in [-0.2, 0) is 0 Å². The number of carbonyl (C=O) groups is 1. The fraction of sp³-hybridized carbons (Fsp3) is 0.269. The maximum atomic E-state index is 13.7. The zero-order chi connectivity index (χ0) is 23.4. The summed E-state index contributed by atoms with van der Waals surface area (Å²) in [6.07, 6.45) is 0.0454. The Labute approximate surface area is 195 Å². The number of benzene rings is 2. The summed E-state index contributed by atoms with van der Waals surface area (Å²) in [6.45, 7) is 9.74. The lowest BCUT2D eigenvalue weighted by molar-refractivity contribution is 0.0971. The molecule has 33 heavy (non-hydrogen) atoms. The maximum Gasteiger partial charge on any atom is 0.297 e. The molecule has 7 heteroatoms. The highest BCUT2D eigenvalue weighted by Crippen LogP contribution is 2.43. The minimum Gasteiger partial charge on any atom is -0.491 e. The molecule has 0 unspecified atom stereocenters. The lowest BCUT2D eigenvalue weighted by Gasteiger charge is -2.23. The third-order valence-electron chi connectivity index (χ3n) is 5.82. The summed E-state index contributed by atoms with van der Waals surface area (Å²) in [5.41, 5.74) is 3.17. The van der Waals surface area contributed by atoms with Gasteiger partial charge >= 0.3 is 0 Å². The number of hydrogen-bond acceptors (Lipinski definition) is 6. The molecule has 0 radical (unpaired) electrons. The quantitative estimate of drug-likeness (QED) is 0.390. The summed E-state index contributed by atoms with van der Waals surface area (Å²) < 4.78 is 11.8. The van der Waals surface area contributed by atoms with E-state index in [2.05, 4.69) is 4.98 Å². The first kappa shape index (κ1) is 21.4. The second-order valence-electron chi connectivity index (χ2n) is 8.62. The molecule has 4 aromatic rings. The number of carbonyl (C=O) groups excluding carboxylic acids is 1. The predicted octanol–water partition coefficient (Wildman–Crippen LogP) is 5.71. The van der Waals surface area contributed by atoms with Crippen molar-refractivity contribution in [2.75, 3.05) is 4.90 Å². The zero-order valence-electron chi connectivity index (χ0n) is 19.1. The van der Waals surface area contributed by atoms with Gasteiger partial charge in [0.25, 0.3) is 5.91 Å². The van der Waals surface area contributed by atoms with Crippen LogP contribution in [0.15, 0.2) is 51.7 Å². The number of aryl methyl sites for hydroxylation is 3. The summed E-state index contributed by atoms with van der Waals surface area (Å²) in [6, 6.07) is 12.3. The molecule has 1 amide bonds. The normalized spacial score (nSPS) is 15.5. The average molecular weight is 461 g/mol. The smallest absolute Gasteiger partial charge is 0.297 e. The Balaban J connectivity index is 1.74. The Bertz CT molecular complexity index is 1430. The van der Waals surface area contributed by atoms with Gasteiger partial charge in [-0.1, -0.05) is 23.8 Å². The molecule has 0 fully saturated rings. The van der Waals surface area contributed by atoms with E-state index in [0.717, 1.165) is 27.4 Å². The molecular weight excluding hydrogens is 436 g/mol. The SMILES string of the molecule is Cc1ccc2oc3c(c(=O)c2c1)[C@@H](c1ccc(OC(C)C)cc1)N(c1nc(C)c(C)s1)C3=O. The minimum absolute atomic E-state index is 0.0454. The van der Waals surface area contributed by atoms with Gasteiger partial charge in [-0.05, 0) is 64.4 Å². The topological polar surface area (TPSA) is 72.6 Å². The van der Waals surface area contributed by atoms with Crippen LogP contribution in [0.5, 0.6) is 5.75 Å². The van der Waals surface area contributed by atoms with Gasteiger partial charge in [-0.3, -0.25) is 14.5 Å². The van der Waals surface area contributed by atoms with Crippen molar-refractivity contribution in [3.8, 4) is 5.75 Å². The molecule has 2 aromatic carbocycles. The Morgan fingerprint density at radius 1 is 1.06 bits per heavy atom. The van der Waals surface area contributed by atoms with Crippen molar-refractivity contribution >= 4 is 33.3 Å². The molecule has 5 rings (SSSR count). The van der Waals surface area contributed by atoms with Gasteiger partial charge in [0.15, 0.2) is 10.6 Å². The number of anilines is 1. The van der Waals surface area contributed by atoms with Crippen molar-refractivity contribution < 1.29 is 13.9 Å². The van der Waals surface area contributed by atoms with E-state index in [1.807, 2.05) is 71.0 Å². The molecule has 0 spiro atoms. The summed E-state index contributed by atoms with van der Waals surface area (Å²) >= 11 is 1.43. The molecular formula is C26H24N2O4S. The van der Waals surface area contributed by atoms with Crippen LogP contribution in [0.4, 0.5) is 5.13 Å². The number of fused-ring (bicyclic) bond motifs is 2. The molecule has 168 valence electrons. The van der Waals surface area contributed by atoms with Crippen LogP contribution in [-0.4, -0.2) is 17.0 Å². The summed E-state index contributed by atoms with van der Waals surface area (Å²) in [5, 5.41) is 1.02. The van der Waals surface area contributed by atoms with Gasteiger partial charge in [0, 0.05) is 4.88 Å². The summed E-state index contributed by atoms with van der Waals surface area (Å²) in [5.74, 6) is 0.451. The highest BCUT2D eigenvalue weighted by atomic mass is 32.1. The van der Waals surface area contributed by atoms with E-state index in [9.17, 15) is 9.59 Å². The lowest BCUT2D eigenvalue weighted by Crippen LogP contribution is -2.29. The van der Waals surface area contributed by atoms with Crippen molar-refractivity contribution in [3.05, 3.63) is 85.7 Å². The third-order valence-corrected chi connectivity index (χ3v) is 6.89. The first-order valence-corrected chi connectivity index (χ1v) is 11.7. The van der Waals surface area contributed by atoms with Gasteiger partial charge in [-0.25, -0.2) is 4.98 Å². The van der Waals surface area contributed by atoms with Gasteiger partial charge in [0.05, 0.1) is 28.8 Å². The Morgan fingerprint density at radius 2 is 1.79 bits per heavy atom. The Kier molecular flexibility index (Phi) is 5.09. The van der Waals surface area contributed by atoms with Crippen molar-refractivity contribution in [2.45, 2.75) is 46.8 Å². The van der Waals surface area contributed by atoms with Crippen LogP contribution in [0.25, 0.3) is 11.0 Å². The first-order chi connectivity index (χ1) is 15.7. The monoisotopic (exact) mass is 460 g/mol. The van der Waals surface area contributed by atoms with E-state index in [0.29, 0.717) is 21.7 Å². The van der Waals surface area contributed by atoms with E-state index in [-0.39, 0.29) is 23.2 Å². The molecule has 0 saturated heterocycles. The number of ether oxygens (including phenoxy) is 1.